The van der Waals surface area contributed by atoms with Crippen molar-refractivity contribution in [2.24, 2.45) is 0 Å². The highest BCUT2D eigenvalue weighted by molar-refractivity contribution is 6.35. The number of aromatic nitrogens is 2. The van der Waals surface area contributed by atoms with E-state index in [1.165, 1.54) is 12.8 Å². The molecule has 1 aromatic carbocycles. The fourth-order valence-electron chi connectivity index (χ4n) is 2.20. The minimum absolute atomic E-state index is 0.333. The second-order valence-corrected chi connectivity index (χ2v) is 4.85. The predicted octanol–water partition coefficient (Wildman–Crippen LogP) is 4.02. The van der Waals surface area contributed by atoms with Gasteiger partial charge in [0.2, 0.25) is 5.95 Å². The van der Waals surface area contributed by atoms with Gasteiger partial charge in [0.1, 0.15) is 0 Å². The molecule has 0 aliphatic rings. The molecule has 0 aliphatic heterocycles. The van der Waals surface area contributed by atoms with Crippen LogP contribution < -0.4 is 5.73 Å². The van der Waals surface area contributed by atoms with Crippen molar-refractivity contribution in [3.8, 4) is 0 Å². The summed E-state index contributed by atoms with van der Waals surface area (Å²) in [5.41, 5.74) is 7.82. The summed E-state index contributed by atoms with van der Waals surface area (Å²) in [6.07, 6.45) is 3.47. The molecule has 0 fully saturated rings. The maximum Gasteiger partial charge on any atom is 0.201 e. The molecular formula is C13H18ClN3. The van der Waals surface area contributed by atoms with E-state index in [1.807, 2.05) is 22.8 Å². The van der Waals surface area contributed by atoms with E-state index in [-0.39, 0.29) is 0 Å². The van der Waals surface area contributed by atoms with Gasteiger partial charge in [-0.3, -0.25) is 0 Å². The summed E-state index contributed by atoms with van der Waals surface area (Å²) in [5, 5.41) is 0.718. The van der Waals surface area contributed by atoms with Crippen molar-refractivity contribution in [2.45, 2.75) is 39.2 Å². The van der Waals surface area contributed by atoms with Crippen LogP contribution in [0.2, 0.25) is 5.02 Å². The zero-order valence-corrected chi connectivity index (χ0v) is 11.0. The topological polar surface area (TPSA) is 43.8 Å². The standard InChI is InChI=1S/C13H18ClN3/c1-3-4-6-9(2)17-12-10(14)7-5-8-11(12)16-13(17)15/h5,7-9H,3-4,6H2,1-2H3,(H2,15,16). The van der Waals surface area contributed by atoms with Crippen LogP contribution in [0.5, 0.6) is 0 Å². The minimum Gasteiger partial charge on any atom is -0.369 e. The predicted molar refractivity (Wildman–Crippen MR) is 73.4 cm³/mol. The Bertz CT molecular complexity index is 519. The third-order valence-electron chi connectivity index (χ3n) is 3.10. The summed E-state index contributed by atoms with van der Waals surface area (Å²) < 4.78 is 2.05. The van der Waals surface area contributed by atoms with E-state index in [4.69, 9.17) is 17.3 Å². The lowest BCUT2D eigenvalue weighted by Gasteiger charge is -2.16. The van der Waals surface area contributed by atoms with Gasteiger partial charge < -0.3 is 10.3 Å². The molecule has 0 aliphatic carbocycles. The third kappa shape index (κ3) is 2.25. The van der Waals surface area contributed by atoms with Crippen LogP contribution in [-0.2, 0) is 0 Å². The molecule has 1 atom stereocenters. The number of nitrogens with two attached hydrogens (primary N) is 1. The largest absolute Gasteiger partial charge is 0.369 e. The van der Waals surface area contributed by atoms with Gasteiger partial charge in [-0.2, -0.15) is 0 Å². The van der Waals surface area contributed by atoms with Crippen LogP contribution in [0, 0.1) is 0 Å². The summed E-state index contributed by atoms with van der Waals surface area (Å²) in [6, 6.07) is 6.06. The van der Waals surface area contributed by atoms with Gasteiger partial charge in [-0.25, -0.2) is 4.98 Å². The first kappa shape index (κ1) is 12.2. The number of halogens is 1. The average molecular weight is 252 g/mol. The normalized spacial score (nSPS) is 13.1. The molecule has 1 heterocycles. The number of para-hydroxylation sites is 1. The molecule has 0 amide bonds. The maximum atomic E-state index is 6.24. The Labute approximate surface area is 107 Å². The van der Waals surface area contributed by atoms with Gasteiger partial charge in [-0.15, -0.1) is 0 Å². The highest BCUT2D eigenvalue weighted by Gasteiger charge is 2.15. The van der Waals surface area contributed by atoms with Gasteiger partial charge in [0.05, 0.1) is 16.1 Å². The number of rotatable bonds is 4. The molecule has 0 saturated carbocycles. The van der Waals surface area contributed by atoms with Crippen molar-refractivity contribution < 1.29 is 0 Å². The second-order valence-electron chi connectivity index (χ2n) is 4.44. The Morgan fingerprint density at radius 2 is 2.24 bits per heavy atom. The number of hydrogen-bond donors (Lipinski definition) is 1. The van der Waals surface area contributed by atoms with Crippen LogP contribution in [0.25, 0.3) is 11.0 Å². The molecule has 2 rings (SSSR count). The first-order valence-corrected chi connectivity index (χ1v) is 6.44. The second kappa shape index (κ2) is 4.96. The molecule has 17 heavy (non-hydrogen) atoms. The Morgan fingerprint density at radius 1 is 1.47 bits per heavy atom. The quantitative estimate of drug-likeness (QED) is 0.892. The monoisotopic (exact) mass is 251 g/mol. The molecule has 1 unspecified atom stereocenters. The number of unbranched alkanes of at least 4 members (excludes halogenated alkanes) is 1. The maximum absolute atomic E-state index is 6.24. The van der Waals surface area contributed by atoms with E-state index in [9.17, 15) is 0 Å². The molecular weight excluding hydrogens is 234 g/mol. The van der Waals surface area contributed by atoms with Gasteiger partial charge in [0.15, 0.2) is 0 Å². The van der Waals surface area contributed by atoms with Crippen LogP contribution in [0.3, 0.4) is 0 Å². The molecule has 2 N–H and O–H groups in total. The van der Waals surface area contributed by atoms with Crippen LogP contribution in [0.1, 0.15) is 39.2 Å². The number of imidazole rings is 1. The lowest BCUT2D eigenvalue weighted by atomic mass is 10.1. The Hall–Kier alpha value is -1.22. The van der Waals surface area contributed by atoms with Gasteiger partial charge in [0, 0.05) is 6.04 Å². The Kier molecular flexibility index (Phi) is 3.57. The molecule has 0 spiro atoms. The molecule has 0 saturated heterocycles. The van der Waals surface area contributed by atoms with E-state index in [0.717, 1.165) is 22.5 Å². The van der Waals surface area contributed by atoms with Crippen molar-refractivity contribution >= 4 is 28.6 Å². The summed E-state index contributed by atoms with van der Waals surface area (Å²) in [4.78, 5) is 4.36. The summed E-state index contributed by atoms with van der Waals surface area (Å²) in [5.74, 6) is 0.553. The number of benzene rings is 1. The van der Waals surface area contributed by atoms with Gasteiger partial charge >= 0.3 is 0 Å². The van der Waals surface area contributed by atoms with E-state index in [0.29, 0.717) is 12.0 Å². The molecule has 2 aromatic rings. The smallest absolute Gasteiger partial charge is 0.201 e. The first-order valence-electron chi connectivity index (χ1n) is 6.07. The van der Waals surface area contributed by atoms with Gasteiger partial charge in [0.25, 0.3) is 0 Å². The molecule has 92 valence electrons. The Balaban J connectivity index is 2.48. The van der Waals surface area contributed by atoms with Gasteiger partial charge in [-0.05, 0) is 25.5 Å². The van der Waals surface area contributed by atoms with E-state index in [2.05, 4.69) is 18.8 Å². The lowest BCUT2D eigenvalue weighted by molar-refractivity contribution is 0.501. The fraction of sp³-hybridized carbons (Fsp3) is 0.462. The summed E-state index contributed by atoms with van der Waals surface area (Å²) in [7, 11) is 0. The average Bonchev–Trinajstić information content (AvgIpc) is 2.64. The zero-order chi connectivity index (χ0) is 12.4. The molecule has 3 nitrogen and oxygen atoms in total. The SMILES string of the molecule is CCCCC(C)n1c(N)nc2cccc(Cl)c21. The van der Waals surface area contributed by atoms with E-state index in [1.54, 1.807) is 0 Å². The van der Waals surface area contributed by atoms with Crippen LogP contribution in [0.15, 0.2) is 18.2 Å². The zero-order valence-electron chi connectivity index (χ0n) is 10.3. The van der Waals surface area contributed by atoms with Crippen molar-refractivity contribution in [3.63, 3.8) is 0 Å². The number of nitrogen functional groups attached to an aromatic ring is 1. The summed E-state index contributed by atoms with van der Waals surface area (Å²) >= 11 is 6.24. The lowest BCUT2D eigenvalue weighted by Crippen LogP contribution is -2.09. The summed E-state index contributed by atoms with van der Waals surface area (Å²) in [6.45, 7) is 4.35. The van der Waals surface area contributed by atoms with Crippen LogP contribution in [-0.4, -0.2) is 9.55 Å². The number of fused-ring (bicyclic) bond motifs is 1. The van der Waals surface area contributed by atoms with Crippen LogP contribution >= 0.6 is 11.6 Å². The van der Waals surface area contributed by atoms with E-state index < -0.39 is 0 Å². The molecule has 0 bridgehead atoms. The fourth-order valence-corrected chi connectivity index (χ4v) is 2.46. The highest BCUT2D eigenvalue weighted by Crippen LogP contribution is 2.30. The number of nitrogens with zero attached hydrogens (tertiary/aromatic N) is 2. The van der Waals surface area contributed by atoms with Gasteiger partial charge in [-0.1, -0.05) is 37.4 Å². The minimum atomic E-state index is 0.333. The van der Waals surface area contributed by atoms with Crippen LogP contribution in [0.4, 0.5) is 5.95 Å². The molecule has 1 aromatic heterocycles. The van der Waals surface area contributed by atoms with Crippen molar-refractivity contribution in [3.05, 3.63) is 23.2 Å². The third-order valence-corrected chi connectivity index (χ3v) is 3.41. The first-order chi connectivity index (χ1) is 8.15. The molecule has 0 radical (unpaired) electrons. The number of anilines is 1. The van der Waals surface area contributed by atoms with E-state index >= 15 is 0 Å². The van der Waals surface area contributed by atoms with Crippen molar-refractivity contribution in [1.29, 1.82) is 0 Å². The highest BCUT2D eigenvalue weighted by atomic mass is 35.5. The van der Waals surface area contributed by atoms with Crippen molar-refractivity contribution in [2.75, 3.05) is 5.73 Å². The van der Waals surface area contributed by atoms with Crippen molar-refractivity contribution in [1.82, 2.24) is 9.55 Å². The Morgan fingerprint density at radius 3 is 2.94 bits per heavy atom. The molecule has 4 heteroatoms. The number of hydrogen-bond acceptors (Lipinski definition) is 2.